The van der Waals surface area contributed by atoms with Gasteiger partial charge >= 0.3 is 0 Å². The molecule has 0 spiro atoms. The SMILES string of the molecule is Cc1ccc(COCC(O)CN2CCC(CO)CC2)cc1. The Morgan fingerprint density at radius 3 is 2.52 bits per heavy atom. The summed E-state index contributed by atoms with van der Waals surface area (Å²) >= 11 is 0. The topological polar surface area (TPSA) is 52.9 Å². The van der Waals surface area contributed by atoms with Gasteiger partial charge in [-0.3, -0.25) is 0 Å². The molecular weight excluding hydrogens is 266 g/mol. The maximum atomic E-state index is 10.0. The molecular formula is C17H27NO3. The Morgan fingerprint density at radius 1 is 1.24 bits per heavy atom. The van der Waals surface area contributed by atoms with Crippen LogP contribution < -0.4 is 0 Å². The maximum absolute atomic E-state index is 10.0. The largest absolute Gasteiger partial charge is 0.396 e. The summed E-state index contributed by atoms with van der Waals surface area (Å²) in [5, 5.41) is 19.1. The average Bonchev–Trinajstić information content (AvgIpc) is 2.50. The van der Waals surface area contributed by atoms with Gasteiger partial charge in [0.25, 0.3) is 0 Å². The minimum Gasteiger partial charge on any atom is -0.396 e. The molecule has 0 saturated carbocycles. The molecule has 0 aromatic heterocycles. The van der Waals surface area contributed by atoms with Crippen LogP contribution in [0.5, 0.6) is 0 Å². The maximum Gasteiger partial charge on any atom is 0.0900 e. The quantitative estimate of drug-likeness (QED) is 0.801. The third-order valence-electron chi connectivity index (χ3n) is 4.13. The molecule has 1 unspecified atom stereocenters. The summed E-state index contributed by atoms with van der Waals surface area (Å²) in [6, 6.07) is 8.25. The second kappa shape index (κ2) is 8.49. The fraction of sp³-hybridized carbons (Fsp3) is 0.647. The van der Waals surface area contributed by atoms with E-state index in [1.54, 1.807) is 0 Å². The number of ether oxygens (including phenoxy) is 1. The van der Waals surface area contributed by atoms with Crippen LogP contribution in [0, 0.1) is 12.8 Å². The summed E-state index contributed by atoms with van der Waals surface area (Å²) < 4.78 is 5.59. The fourth-order valence-electron chi connectivity index (χ4n) is 2.70. The van der Waals surface area contributed by atoms with E-state index in [0.29, 0.717) is 25.7 Å². The molecule has 1 atom stereocenters. The highest BCUT2D eigenvalue weighted by Crippen LogP contribution is 2.16. The average molecular weight is 293 g/mol. The normalized spacial score (nSPS) is 18.8. The number of rotatable bonds is 7. The molecule has 4 heteroatoms. The molecule has 1 aromatic carbocycles. The lowest BCUT2D eigenvalue weighted by Crippen LogP contribution is -2.40. The summed E-state index contributed by atoms with van der Waals surface area (Å²) in [4.78, 5) is 2.26. The van der Waals surface area contributed by atoms with Crippen LogP contribution in [-0.2, 0) is 11.3 Å². The number of aliphatic hydroxyl groups is 2. The van der Waals surface area contributed by atoms with Crippen LogP contribution in [0.25, 0.3) is 0 Å². The molecule has 0 radical (unpaired) electrons. The van der Waals surface area contributed by atoms with E-state index in [-0.39, 0.29) is 6.61 Å². The number of nitrogens with zero attached hydrogens (tertiary/aromatic N) is 1. The second-order valence-electron chi connectivity index (χ2n) is 6.08. The predicted molar refractivity (Wildman–Crippen MR) is 83.1 cm³/mol. The molecule has 1 aliphatic rings. The van der Waals surface area contributed by atoms with Gasteiger partial charge in [0.1, 0.15) is 0 Å². The number of aliphatic hydroxyl groups excluding tert-OH is 2. The molecule has 1 saturated heterocycles. The van der Waals surface area contributed by atoms with Crippen molar-refractivity contribution in [2.24, 2.45) is 5.92 Å². The second-order valence-corrected chi connectivity index (χ2v) is 6.08. The van der Waals surface area contributed by atoms with Gasteiger partial charge in [-0.05, 0) is 44.3 Å². The number of aryl methyl sites for hydroxylation is 1. The molecule has 4 nitrogen and oxygen atoms in total. The zero-order valence-corrected chi connectivity index (χ0v) is 12.9. The van der Waals surface area contributed by atoms with E-state index >= 15 is 0 Å². The molecule has 2 rings (SSSR count). The van der Waals surface area contributed by atoms with Crippen LogP contribution in [0.1, 0.15) is 24.0 Å². The van der Waals surface area contributed by atoms with Gasteiger partial charge in [-0.2, -0.15) is 0 Å². The van der Waals surface area contributed by atoms with Crippen LogP contribution >= 0.6 is 0 Å². The van der Waals surface area contributed by atoms with E-state index in [4.69, 9.17) is 9.84 Å². The number of hydrogen-bond acceptors (Lipinski definition) is 4. The third kappa shape index (κ3) is 5.75. The van der Waals surface area contributed by atoms with Crippen molar-refractivity contribution < 1.29 is 14.9 Å². The Balaban J connectivity index is 1.61. The van der Waals surface area contributed by atoms with Crippen LogP contribution in [0.4, 0.5) is 0 Å². The molecule has 1 aliphatic heterocycles. The Morgan fingerprint density at radius 2 is 1.90 bits per heavy atom. The standard InChI is InChI=1S/C17H27NO3/c1-14-2-4-16(5-3-14)12-21-13-17(20)10-18-8-6-15(11-19)7-9-18/h2-5,15,17,19-20H,6-13H2,1H3. The third-order valence-corrected chi connectivity index (χ3v) is 4.13. The number of β-amino-alcohol motifs (C(OH)–C–C–N with tert-alkyl or cyclic N) is 1. The molecule has 0 amide bonds. The van der Waals surface area contributed by atoms with Crippen molar-refractivity contribution in [3.05, 3.63) is 35.4 Å². The molecule has 0 bridgehead atoms. The lowest BCUT2D eigenvalue weighted by molar-refractivity contribution is 0.00266. The Kier molecular flexibility index (Phi) is 6.64. The summed E-state index contributed by atoms with van der Waals surface area (Å²) in [6.07, 6.45) is 1.60. The van der Waals surface area contributed by atoms with Gasteiger partial charge in [0.05, 0.1) is 19.3 Å². The monoisotopic (exact) mass is 293 g/mol. The first-order valence-electron chi connectivity index (χ1n) is 7.82. The first kappa shape index (κ1) is 16.4. The van der Waals surface area contributed by atoms with E-state index < -0.39 is 6.10 Å². The molecule has 1 aromatic rings. The molecule has 21 heavy (non-hydrogen) atoms. The van der Waals surface area contributed by atoms with Crippen molar-refractivity contribution in [1.29, 1.82) is 0 Å². The van der Waals surface area contributed by atoms with Crippen LogP contribution in [0.3, 0.4) is 0 Å². The lowest BCUT2D eigenvalue weighted by atomic mass is 9.98. The molecule has 1 heterocycles. The Labute approximate surface area is 127 Å². The Hall–Kier alpha value is -0.940. The van der Waals surface area contributed by atoms with Gasteiger partial charge in [0, 0.05) is 13.2 Å². The first-order valence-corrected chi connectivity index (χ1v) is 7.82. The van der Waals surface area contributed by atoms with Crippen LogP contribution in [0.2, 0.25) is 0 Å². The smallest absolute Gasteiger partial charge is 0.0900 e. The van der Waals surface area contributed by atoms with E-state index in [2.05, 4.69) is 36.1 Å². The number of benzene rings is 1. The van der Waals surface area contributed by atoms with Gasteiger partial charge in [0.15, 0.2) is 0 Å². The van der Waals surface area contributed by atoms with Crippen LogP contribution in [0.15, 0.2) is 24.3 Å². The molecule has 2 N–H and O–H groups in total. The predicted octanol–water partition coefficient (Wildman–Crippen LogP) is 1.58. The van der Waals surface area contributed by atoms with Gasteiger partial charge in [-0.15, -0.1) is 0 Å². The Bertz CT molecular complexity index is 399. The zero-order chi connectivity index (χ0) is 15.1. The summed E-state index contributed by atoms with van der Waals surface area (Å²) in [7, 11) is 0. The fourth-order valence-corrected chi connectivity index (χ4v) is 2.70. The lowest BCUT2D eigenvalue weighted by Gasteiger charge is -2.32. The number of piperidine rings is 1. The van der Waals surface area contributed by atoms with Crippen molar-refractivity contribution in [3.8, 4) is 0 Å². The van der Waals surface area contributed by atoms with Crippen molar-refractivity contribution in [1.82, 2.24) is 4.90 Å². The number of likely N-dealkylation sites (tertiary alicyclic amines) is 1. The highest BCUT2D eigenvalue weighted by Gasteiger charge is 2.20. The van der Waals surface area contributed by atoms with Gasteiger partial charge in [-0.1, -0.05) is 29.8 Å². The molecule has 0 aliphatic carbocycles. The molecule has 1 fully saturated rings. The van der Waals surface area contributed by atoms with E-state index in [0.717, 1.165) is 31.5 Å². The summed E-state index contributed by atoms with van der Waals surface area (Å²) in [6.45, 7) is 5.84. The summed E-state index contributed by atoms with van der Waals surface area (Å²) in [5.74, 6) is 0.441. The summed E-state index contributed by atoms with van der Waals surface area (Å²) in [5.41, 5.74) is 2.38. The van der Waals surface area contributed by atoms with E-state index in [1.807, 2.05) is 0 Å². The molecule has 118 valence electrons. The minimum atomic E-state index is -0.443. The van der Waals surface area contributed by atoms with Gasteiger partial charge in [0.2, 0.25) is 0 Å². The van der Waals surface area contributed by atoms with E-state index in [9.17, 15) is 5.11 Å². The number of hydrogen-bond donors (Lipinski definition) is 2. The zero-order valence-electron chi connectivity index (χ0n) is 12.9. The van der Waals surface area contributed by atoms with Gasteiger partial charge in [-0.25, -0.2) is 0 Å². The van der Waals surface area contributed by atoms with Crippen molar-refractivity contribution in [2.45, 2.75) is 32.5 Å². The van der Waals surface area contributed by atoms with Gasteiger partial charge < -0.3 is 19.8 Å². The highest BCUT2D eigenvalue weighted by molar-refractivity contribution is 5.20. The first-order chi connectivity index (χ1) is 10.2. The van der Waals surface area contributed by atoms with Crippen molar-refractivity contribution >= 4 is 0 Å². The van der Waals surface area contributed by atoms with Crippen molar-refractivity contribution in [3.63, 3.8) is 0 Å². The minimum absolute atomic E-state index is 0.288. The van der Waals surface area contributed by atoms with Crippen molar-refractivity contribution in [2.75, 3.05) is 32.8 Å². The van der Waals surface area contributed by atoms with Crippen LogP contribution in [-0.4, -0.2) is 54.1 Å². The van der Waals surface area contributed by atoms with E-state index in [1.165, 1.54) is 5.56 Å². The highest BCUT2D eigenvalue weighted by atomic mass is 16.5.